The highest BCUT2D eigenvalue weighted by Crippen LogP contribution is 2.30. The van der Waals surface area contributed by atoms with Crippen LogP contribution in [0.3, 0.4) is 0 Å². The minimum Gasteiger partial charge on any atom is -0.497 e. The van der Waals surface area contributed by atoms with Crippen molar-refractivity contribution in [3.63, 3.8) is 0 Å². The fraction of sp³-hybridized carbons (Fsp3) is 0.450. The van der Waals surface area contributed by atoms with Crippen LogP contribution in [0.25, 0.3) is 0 Å². The average molecular weight is 434 g/mol. The Morgan fingerprint density at radius 3 is 2.73 bits per heavy atom. The second-order valence-corrected chi connectivity index (χ2v) is 8.30. The van der Waals surface area contributed by atoms with Crippen LogP contribution in [0.2, 0.25) is 0 Å². The third-order valence-corrected chi connectivity index (χ3v) is 5.50. The van der Waals surface area contributed by atoms with E-state index in [1.165, 1.54) is 11.3 Å². The Kier molecular flexibility index (Phi) is 7.11. The van der Waals surface area contributed by atoms with Gasteiger partial charge in [-0.15, -0.1) is 11.3 Å². The molecular weight excluding hydrogens is 406 g/mol. The van der Waals surface area contributed by atoms with Gasteiger partial charge in [0.15, 0.2) is 5.13 Å². The number of carbonyl (C=O) groups is 2. The maximum atomic E-state index is 12.6. The lowest BCUT2D eigenvalue weighted by Gasteiger charge is -2.25. The number of hydrogen-bond acceptors (Lipinski definition) is 7. The first kappa shape index (κ1) is 21.8. The van der Waals surface area contributed by atoms with Crippen LogP contribution in [0.4, 0.5) is 15.6 Å². The number of rotatable bonds is 7. The molecule has 0 atom stereocenters. The molecule has 0 bridgehead atoms. The van der Waals surface area contributed by atoms with Crippen LogP contribution >= 0.6 is 11.3 Å². The molecule has 1 aliphatic heterocycles. The fourth-order valence-corrected chi connectivity index (χ4v) is 4.17. The molecule has 0 radical (unpaired) electrons. The zero-order valence-corrected chi connectivity index (χ0v) is 18.4. The summed E-state index contributed by atoms with van der Waals surface area (Å²) in [4.78, 5) is 32.1. The monoisotopic (exact) mass is 433 g/mol. The smallest absolute Gasteiger partial charge is 0.321 e. The Morgan fingerprint density at radius 1 is 1.23 bits per heavy atom. The Morgan fingerprint density at radius 2 is 2.03 bits per heavy atom. The molecule has 0 saturated carbocycles. The maximum Gasteiger partial charge on any atom is 0.321 e. The van der Waals surface area contributed by atoms with Crippen LogP contribution in [-0.4, -0.2) is 55.2 Å². The van der Waals surface area contributed by atoms with Gasteiger partial charge in [-0.25, -0.2) is 9.78 Å². The summed E-state index contributed by atoms with van der Waals surface area (Å²) >= 11 is 1.45. The summed E-state index contributed by atoms with van der Waals surface area (Å²) in [5.41, 5.74) is 1.58. The van der Waals surface area contributed by atoms with Crippen molar-refractivity contribution in [1.29, 1.82) is 0 Å². The van der Waals surface area contributed by atoms with Gasteiger partial charge in [0, 0.05) is 36.5 Å². The van der Waals surface area contributed by atoms with E-state index in [0.29, 0.717) is 28.9 Å². The number of thiazole rings is 1. The van der Waals surface area contributed by atoms with Crippen molar-refractivity contribution in [2.75, 3.05) is 37.9 Å². The van der Waals surface area contributed by atoms with E-state index in [9.17, 15) is 9.59 Å². The van der Waals surface area contributed by atoms with Gasteiger partial charge in [-0.2, -0.15) is 0 Å². The van der Waals surface area contributed by atoms with Crippen LogP contribution in [0.15, 0.2) is 18.2 Å². The van der Waals surface area contributed by atoms with Crippen LogP contribution in [0.1, 0.15) is 24.4 Å². The molecule has 0 saturated heterocycles. The van der Waals surface area contributed by atoms with Gasteiger partial charge in [0.1, 0.15) is 11.5 Å². The van der Waals surface area contributed by atoms with E-state index < -0.39 is 0 Å². The minimum atomic E-state index is -0.263. The normalized spacial score (nSPS) is 13.5. The summed E-state index contributed by atoms with van der Waals surface area (Å²) < 4.78 is 10.5. The van der Waals surface area contributed by atoms with Gasteiger partial charge in [-0.05, 0) is 26.0 Å². The SMILES string of the molecule is COc1ccc(NC(=O)CN2CCc3nc(NC(=O)NC(C)C)sc3C2)c(OC)c1. The predicted molar refractivity (Wildman–Crippen MR) is 117 cm³/mol. The van der Waals surface area contributed by atoms with Gasteiger partial charge >= 0.3 is 6.03 Å². The van der Waals surface area contributed by atoms with Gasteiger partial charge in [0.2, 0.25) is 5.91 Å². The minimum absolute atomic E-state index is 0.0536. The molecule has 0 aliphatic carbocycles. The lowest BCUT2D eigenvalue weighted by Crippen LogP contribution is -2.36. The molecular formula is C20H27N5O4S. The number of urea groups is 1. The molecule has 3 amide bonds. The summed E-state index contributed by atoms with van der Waals surface area (Å²) in [6, 6.07) is 5.04. The van der Waals surface area contributed by atoms with Gasteiger partial charge < -0.3 is 20.1 Å². The number of carbonyl (C=O) groups excluding carboxylic acids is 2. The van der Waals surface area contributed by atoms with Gasteiger partial charge in [0.25, 0.3) is 0 Å². The van der Waals surface area contributed by atoms with Crippen molar-refractivity contribution in [2.24, 2.45) is 0 Å². The number of ether oxygens (including phenoxy) is 2. The van der Waals surface area contributed by atoms with Crippen molar-refractivity contribution in [3.05, 3.63) is 28.8 Å². The summed E-state index contributed by atoms with van der Waals surface area (Å²) in [6.45, 7) is 5.39. The molecule has 30 heavy (non-hydrogen) atoms. The number of amides is 3. The molecule has 1 aliphatic rings. The number of fused-ring (bicyclic) bond motifs is 1. The van der Waals surface area contributed by atoms with Crippen molar-refractivity contribution in [1.82, 2.24) is 15.2 Å². The van der Waals surface area contributed by atoms with E-state index in [2.05, 4.69) is 25.8 Å². The lowest BCUT2D eigenvalue weighted by molar-refractivity contribution is -0.117. The van der Waals surface area contributed by atoms with Crippen molar-refractivity contribution in [3.8, 4) is 11.5 Å². The number of aromatic nitrogens is 1. The maximum absolute atomic E-state index is 12.6. The number of hydrogen-bond donors (Lipinski definition) is 3. The zero-order chi connectivity index (χ0) is 21.7. The topological polar surface area (TPSA) is 105 Å². The molecule has 9 nitrogen and oxygen atoms in total. The molecule has 2 heterocycles. The highest BCUT2D eigenvalue weighted by molar-refractivity contribution is 7.15. The molecule has 10 heteroatoms. The van der Waals surface area contributed by atoms with Gasteiger partial charge in [0.05, 0.1) is 32.1 Å². The molecule has 0 unspecified atom stereocenters. The standard InChI is InChI=1S/C20H27N5O4S/c1-12(2)21-19(27)24-20-23-15-7-8-25(10-17(15)30-20)11-18(26)22-14-6-5-13(28-3)9-16(14)29-4/h5-6,9,12H,7-8,10-11H2,1-4H3,(H,22,26)(H2,21,23,24,27). The molecule has 2 aromatic rings. The Balaban J connectivity index is 1.57. The highest BCUT2D eigenvalue weighted by Gasteiger charge is 2.23. The summed E-state index contributed by atoms with van der Waals surface area (Å²) in [5, 5.41) is 9.03. The van der Waals surface area contributed by atoms with Crippen LogP contribution in [0.5, 0.6) is 11.5 Å². The quantitative estimate of drug-likeness (QED) is 0.620. The number of anilines is 2. The third kappa shape index (κ3) is 5.61. The van der Waals surface area contributed by atoms with Crippen LogP contribution in [0, 0.1) is 0 Å². The van der Waals surface area contributed by atoms with E-state index in [4.69, 9.17) is 9.47 Å². The lowest BCUT2D eigenvalue weighted by atomic mass is 10.2. The van der Waals surface area contributed by atoms with Gasteiger partial charge in [-0.1, -0.05) is 0 Å². The number of nitrogens with zero attached hydrogens (tertiary/aromatic N) is 2. The Labute approximate surface area is 179 Å². The number of nitrogens with one attached hydrogen (secondary N) is 3. The van der Waals surface area contributed by atoms with Crippen molar-refractivity contribution >= 4 is 34.1 Å². The molecule has 0 spiro atoms. The molecule has 3 N–H and O–H groups in total. The first-order valence-corrected chi connectivity index (χ1v) is 10.5. The molecule has 3 rings (SSSR count). The summed E-state index contributed by atoms with van der Waals surface area (Å²) in [6.07, 6.45) is 0.735. The summed E-state index contributed by atoms with van der Waals surface area (Å²) in [7, 11) is 3.13. The van der Waals surface area contributed by atoms with Crippen molar-refractivity contribution in [2.45, 2.75) is 32.9 Å². The van der Waals surface area contributed by atoms with E-state index in [0.717, 1.165) is 23.5 Å². The second-order valence-electron chi connectivity index (χ2n) is 7.22. The molecule has 162 valence electrons. The molecule has 0 fully saturated rings. The van der Waals surface area contributed by atoms with E-state index >= 15 is 0 Å². The first-order valence-electron chi connectivity index (χ1n) is 9.68. The number of methoxy groups -OCH3 is 2. The predicted octanol–water partition coefficient (Wildman–Crippen LogP) is 2.69. The third-order valence-electron chi connectivity index (χ3n) is 4.50. The van der Waals surface area contributed by atoms with Crippen molar-refractivity contribution < 1.29 is 19.1 Å². The highest BCUT2D eigenvalue weighted by atomic mass is 32.1. The number of benzene rings is 1. The summed E-state index contributed by atoms with van der Waals surface area (Å²) in [5.74, 6) is 1.08. The van der Waals surface area contributed by atoms with Gasteiger partial charge in [-0.3, -0.25) is 15.0 Å². The largest absolute Gasteiger partial charge is 0.497 e. The van der Waals surface area contributed by atoms with Crippen LogP contribution in [-0.2, 0) is 17.8 Å². The Bertz CT molecular complexity index is 915. The molecule has 1 aromatic carbocycles. The van der Waals surface area contributed by atoms with E-state index in [-0.39, 0.29) is 24.5 Å². The zero-order valence-electron chi connectivity index (χ0n) is 17.6. The average Bonchev–Trinajstić information content (AvgIpc) is 3.08. The van der Waals surface area contributed by atoms with E-state index in [1.807, 2.05) is 13.8 Å². The first-order chi connectivity index (χ1) is 14.4. The molecule has 1 aromatic heterocycles. The fourth-order valence-electron chi connectivity index (χ4n) is 3.13. The second kappa shape index (κ2) is 9.77. The van der Waals surface area contributed by atoms with E-state index in [1.54, 1.807) is 32.4 Å². The van der Waals surface area contributed by atoms with Crippen LogP contribution < -0.4 is 25.4 Å². The Hall–Kier alpha value is -2.85.